The molecule has 0 saturated carbocycles. The molecule has 1 amide bonds. The highest BCUT2D eigenvalue weighted by Gasteiger charge is 2.32. The number of sulfonamides is 1. The van der Waals surface area contributed by atoms with E-state index in [9.17, 15) is 13.2 Å². The molecule has 0 radical (unpaired) electrons. The number of nitrogens with zero attached hydrogens (tertiary/aromatic N) is 1. The molecule has 9 heteroatoms. The number of methoxy groups -OCH3 is 1. The summed E-state index contributed by atoms with van der Waals surface area (Å²) < 4.78 is 42.5. The molecular weight excluding hydrogens is 444 g/mol. The third kappa shape index (κ3) is 5.25. The van der Waals surface area contributed by atoms with Crippen molar-refractivity contribution in [3.63, 3.8) is 0 Å². The molecular formula is C24H30N2O6S. The first kappa shape index (κ1) is 23.4. The number of fused-ring (bicyclic) bond motifs is 1. The Morgan fingerprint density at radius 3 is 2.73 bits per heavy atom. The van der Waals surface area contributed by atoms with E-state index in [-0.39, 0.29) is 18.1 Å². The van der Waals surface area contributed by atoms with E-state index >= 15 is 0 Å². The number of ether oxygens (including phenoxy) is 3. The van der Waals surface area contributed by atoms with Gasteiger partial charge >= 0.3 is 0 Å². The van der Waals surface area contributed by atoms with E-state index in [1.807, 2.05) is 25.1 Å². The minimum absolute atomic E-state index is 0.119. The molecule has 0 bridgehead atoms. The van der Waals surface area contributed by atoms with Crippen molar-refractivity contribution in [3.05, 3.63) is 53.1 Å². The topological polar surface area (TPSA) is 94.2 Å². The van der Waals surface area contributed by atoms with E-state index in [1.165, 1.54) is 10.6 Å². The number of hydrogen-bond donors (Lipinski definition) is 1. The predicted molar refractivity (Wildman–Crippen MR) is 126 cm³/mol. The van der Waals surface area contributed by atoms with Gasteiger partial charge in [-0.2, -0.15) is 0 Å². The molecule has 2 atom stereocenters. The molecule has 0 spiro atoms. The average Bonchev–Trinajstić information content (AvgIpc) is 3.41. The highest BCUT2D eigenvalue weighted by molar-refractivity contribution is 7.92. The van der Waals surface area contributed by atoms with Gasteiger partial charge in [0.25, 0.3) is 5.91 Å². The van der Waals surface area contributed by atoms with Crippen molar-refractivity contribution < 1.29 is 27.4 Å². The lowest BCUT2D eigenvalue weighted by atomic mass is 10.1. The molecule has 2 heterocycles. The molecule has 1 saturated heterocycles. The summed E-state index contributed by atoms with van der Waals surface area (Å²) in [5, 5.41) is 2.92. The molecule has 0 aliphatic carbocycles. The normalized spacial score (nSPS) is 19.9. The van der Waals surface area contributed by atoms with Gasteiger partial charge in [0, 0.05) is 24.8 Å². The molecule has 178 valence electrons. The molecule has 1 N–H and O–H groups in total. The van der Waals surface area contributed by atoms with Crippen molar-refractivity contribution in [2.24, 2.45) is 0 Å². The number of amides is 1. The van der Waals surface area contributed by atoms with Crippen molar-refractivity contribution in [1.82, 2.24) is 5.32 Å². The van der Waals surface area contributed by atoms with Gasteiger partial charge in [0.2, 0.25) is 10.0 Å². The minimum Gasteiger partial charge on any atom is -0.493 e. The van der Waals surface area contributed by atoms with Crippen molar-refractivity contribution in [2.45, 2.75) is 44.9 Å². The number of rotatable bonds is 8. The van der Waals surface area contributed by atoms with Crippen LogP contribution < -0.4 is 19.1 Å². The Kier molecular flexibility index (Phi) is 6.81. The summed E-state index contributed by atoms with van der Waals surface area (Å²) in [6.45, 7) is 3.45. The zero-order chi connectivity index (χ0) is 23.6. The monoisotopic (exact) mass is 474 g/mol. The molecule has 2 unspecified atom stereocenters. The van der Waals surface area contributed by atoms with E-state index in [0.717, 1.165) is 30.6 Å². The summed E-state index contributed by atoms with van der Waals surface area (Å²) >= 11 is 0. The van der Waals surface area contributed by atoms with Crippen LogP contribution in [-0.2, 0) is 27.7 Å². The SMILES string of the molecule is COc1cc(CNC(=O)c2ccc3c(c2)CC(C)N3S(C)(=O)=O)ccc1OCC1CCCO1. The number of carbonyl (C=O) groups is 1. The zero-order valence-corrected chi connectivity index (χ0v) is 20.0. The number of anilines is 1. The fourth-order valence-corrected chi connectivity index (χ4v) is 5.70. The maximum absolute atomic E-state index is 12.7. The lowest BCUT2D eigenvalue weighted by molar-refractivity contribution is 0.0669. The van der Waals surface area contributed by atoms with Crippen molar-refractivity contribution in [1.29, 1.82) is 0 Å². The highest BCUT2D eigenvalue weighted by atomic mass is 32.2. The van der Waals surface area contributed by atoms with Crippen LogP contribution in [0.15, 0.2) is 36.4 Å². The lowest BCUT2D eigenvalue weighted by Gasteiger charge is -2.21. The Morgan fingerprint density at radius 1 is 1.21 bits per heavy atom. The van der Waals surface area contributed by atoms with E-state index in [4.69, 9.17) is 14.2 Å². The maximum Gasteiger partial charge on any atom is 0.251 e. The molecule has 2 aromatic carbocycles. The van der Waals surface area contributed by atoms with Gasteiger partial charge in [-0.1, -0.05) is 6.07 Å². The third-order valence-electron chi connectivity index (χ3n) is 5.98. The molecule has 0 aromatic heterocycles. The first-order chi connectivity index (χ1) is 15.8. The lowest BCUT2D eigenvalue weighted by Crippen LogP contribution is -2.34. The first-order valence-corrected chi connectivity index (χ1v) is 12.9. The largest absolute Gasteiger partial charge is 0.493 e. The van der Waals surface area contributed by atoms with Crippen LogP contribution in [0.4, 0.5) is 5.69 Å². The average molecular weight is 475 g/mol. The van der Waals surface area contributed by atoms with Crippen molar-refractivity contribution in [3.8, 4) is 11.5 Å². The minimum atomic E-state index is -3.36. The fourth-order valence-electron chi connectivity index (χ4n) is 4.43. The van der Waals surface area contributed by atoms with Gasteiger partial charge in [-0.25, -0.2) is 8.42 Å². The quantitative estimate of drug-likeness (QED) is 0.632. The summed E-state index contributed by atoms with van der Waals surface area (Å²) in [7, 11) is -1.77. The second kappa shape index (κ2) is 9.61. The second-order valence-electron chi connectivity index (χ2n) is 8.57. The molecule has 2 aliphatic heterocycles. The standard InChI is InChI=1S/C24H30N2O6S/c1-16-11-19-13-18(7-8-21(19)26(16)33(3,28)29)24(27)25-14-17-6-9-22(23(12-17)30-2)32-15-20-5-4-10-31-20/h6-9,12-13,16,20H,4-5,10-11,14-15H2,1-3H3,(H,25,27). The van der Waals surface area contributed by atoms with Gasteiger partial charge in [0.05, 0.1) is 25.2 Å². The van der Waals surface area contributed by atoms with Crippen LogP contribution in [0.25, 0.3) is 0 Å². The van der Waals surface area contributed by atoms with Crippen LogP contribution in [0.2, 0.25) is 0 Å². The summed E-state index contributed by atoms with van der Waals surface area (Å²) in [6, 6.07) is 10.6. The van der Waals surface area contributed by atoms with Crippen LogP contribution in [0.5, 0.6) is 11.5 Å². The van der Waals surface area contributed by atoms with Crippen LogP contribution >= 0.6 is 0 Å². The number of hydrogen-bond acceptors (Lipinski definition) is 6. The molecule has 2 aliphatic rings. The van der Waals surface area contributed by atoms with Gasteiger partial charge in [-0.05, 0) is 67.6 Å². The Labute approximate surface area is 194 Å². The van der Waals surface area contributed by atoms with Crippen molar-refractivity contribution in [2.75, 3.05) is 30.9 Å². The third-order valence-corrected chi connectivity index (χ3v) is 7.25. The number of nitrogens with one attached hydrogen (secondary N) is 1. The van der Waals surface area contributed by atoms with Gasteiger partial charge < -0.3 is 19.5 Å². The van der Waals surface area contributed by atoms with Gasteiger partial charge in [0.1, 0.15) is 6.61 Å². The molecule has 4 rings (SSSR count). The van der Waals surface area contributed by atoms with Gasteiger partial charge in [0.15, 0.2) is 11.5 Å². The van der Waals surface area contributed by atoms with E-state index in [1.54, 1.807) is 25.3 Å². The summed E-state index contributed by atoms with van der Waals surface area (Å²) in [4.78, 5) is 12.7. The molecule has 2 aromatic rings. The van der Waals surface area contributed by atoms with Crippen LogP contribution in [0.1, 0.15) is 41.3 Å². The van der Waals surface area contributed by atoms with Crippen molar-refractivity contribution >= 4 is 21.6 Å². The van der Waals surface area contributed by atoms with Gasteiger partial charge in [-0.15, -0.1) is 0 Å². The van der Waals surface area contributed by atoms with Crippen LogP contribution in [0.3, 0.4) is 0 Å². The van der Waals surface area contributed by atoms with E-state index in [2.05, 4.69) is 5.32 Å². The van der Waals surface area contributed by atoms with Crippen LogP contribution in [-0.4, -0.2) is 53.1 Å². The number of carbonyl (C=O) groups excluding carboxylic acids is 1. The first-order valence-electron chi connectivity index (χ1n) is 11.1. The van der Waals surface area contributed by atoms with Gasteiger partial charge in [-0.3, -0.25) is 9.10 Å². The summed E-state index contributed by atoms with van der Waals surface area (Å²) in [5.41, 5.74) is 2.88. The smallest absolute Gasteiger partial charge is 0.251 e. The summed E-state index contributed by atoms with van der Waals surface area (Å²) in [6.07, 6.45) is 3.96. The Hall–Kier alpha value is -2.78. The zero-order valence-electron chi connectivity index (χ0n) is 19.2. The Bertz CT molecular complexity index is 1130. The molecule has 1 fully saturated rings. The van der Waals surface area contributed by atoms with E-state index < -0.39 is 10.0 Å². The number of benzene rings is 2. The van der Waals surface area contributed by atoms with Crippen LogP contribution in [0, 0.1) is 0 Å². The predicted octanol–water partition coefficient (Wildman–Crippen LogP) is 2.89. The molecule has 33 heavy (non-hydrogen) atoms. The Morgan fingerprint density at radius 2 is 2.03 bits per heavy atom. The molecule has 8 nitrogen and oxygen atoms in total. The van der Waals surface area contributed by atoms with E-state index in [0.29, 0.717) is 42.3 Å². The summed E-state index contributed by atoms with van der Waals surface area (Å²) in [5.74, 6) is 1.03. The Balaban J connectivity index is 1.39. The highest BCUT2D eigenvalue weighted by Crippen LogP contribution is 2.35. The maximum atomic E-state index is 12.7. The second-order valence-corrected chi connectivity index (χ2v) is 10.4. The fraction of sp³-hybridized carbons (Fsp3) is 0.458.